The van der Waals surface area contributed by atoms with Crippen LogP contribution < -0.4 is 10.2 Å². The predicted octanol–water partition coefficient (Wildman–Crippen LogP) is 3.52. The Morgan fingerprint density at radius 2 is 1.77 bits per heavy atom. The average molecular weight is 349 g/mol. The van der Waals surface area contributed by atoms with E-state index >= 15 is 0 Å². The first-order valence-corrected chi connectivity index (χ1v) is 7.72. The molecule has 0 unspecified atom stereocenters. The topological polar surface area (TPSA) is 93.8 Å². The molecule has 3 aromatic rings. The molecule has 3 aromatic carbocycles. The van der Waals surface area contributed by atoms with Gasteiger partial charge >= 0.3 is 0 Å². The molecule has 1 N–H and O–H groups in total. The van der Waals surface area contributed by atoms with E-state index in [0.29, 0.717) is 5.56 Å². The summed E-state index contributed by atoms with van der Waals surface area (Å²) < 4.78 is 5.20. The Morgan fingerprint density at radius 1 is 1.08 bits per heavy atom. The van der Waals surface area contributed by atoms with Gasteiger partial charge in [-0.1, -0.05) is 18.2 Å². The highest BCUT2D eigenvalue weighted by Crippen LogP contribution is 2.21. The number of hydrogen-bond donors (Lipinski definition) is 1. The molecular weight excluding hydrogens is 334 g/mol. The first kappa shape index (κ1) is 17.1. The third-order valence-corrected chi connectivity index (χ3v) is 3.79. The van der Waals surface area contributed by atoms with Crippen LogP contribution in [0.1, 0.15) is 15.9 Å². The van der Waals surface area contributed by atoms with E-state index in [2.05, 4.69) is 10.5 Å². The fraction of sp³-hybridized carbons (Fsp3) is 0.0526. The van der Waals surface area contributed by atoms with Crippen molar-refractivity contribution in [3.05, 3.63) is 81.9 Å². The first-order valence-electron chi connectivity index (χ1n) is 7.72. The molecule has 0 bridgehead atoms. The number of methoxy groups -OCH3 is 1. The van der Waals surface area contributed by atoms with E-state index in [1.807, 2.05) is 36.4 Å². The van der Waals surface area contributed by atoms with Crippen molar-refractivity contribution >= 4 is 28.6 Å². The van der Waals surface area contributed by atoms with Crippen LogP contribution in [-0.4, -0.2) is 24.2 Å². The van der Waals surface area contributed by atoms with Crippen LogP contribution in [-0.2, 0) is 0 Å². The predicted molar refractivity (Wildman–Crippen MR) is 98.7 cm³/mol. The van der Waals surface area contributed by atoms with Crippen LogP contribution >= 0.6 is 0 Å². The van der Waals surface area contributed by atoms with Gasteiger partial charge in [-0.25, -0.2) is 5.43 Å². The number of nitro groups is 1. The Labute approximate surface area is 149 Å². The largest absolute Gasteiger partial charge is 0.497 e. The maximum atomic E-state index is 12.0. The number of amides is 1. The smallest absolute Gasteiger partial charge is 0.271 e. The zero-order chi connectivity index (χ0) is 18.5. The van der Waals surface area contributed by atoms with Crippen LogP contribution in [0.2, 0.25) is 0 Å². The summed E-state index contributed by atoms with van der Waals surface area (Å²) in [6.07, 6.45) is 1.53. The van der Waals surface area contributed by atoms with Gasteiger partial charge in [-0.05, 0) is 46.7 Å². The highest BCUT2D eigenvalue weighted by Gasteiger charge is 2.08. The molecular formula is C19H15N3O4. The van der Waals surface area contributed by atoms with E-state index in [-0.39, 0.29) is 5.69 Å². The van der Waals surface area contributed by atoms with Crippen molar-refractivity contribution < 1.29 is 14.5 Å². The molecule has 0 aliphatic carbocycles. The lowest BCUT2D eigenvalue weighted by molar-refractivity contribution is -0.384. The van der Waals surface area contributed by atoms with Crippen LogP contribution in [0.3, 0.4) is 0 Å². The number of ether oxygens (including phenoxy) is 1. The number of fused-ring (bicyclic) bond motifs is 1. The van der Waals surface area contributed by atoms with Gasteiger partial charge in [-0.15, -0.1) is 0 Å². The molecule has 7 heteroatoms. The van der Waals surface area contributed by atoms with E-state index in [9.17, 15) is 14.9 Å². The van der Waals surface area contributed by atoms with Crippen molar-refractivity contribution in [2.75, 3.05) is 7.11 Å². The van der Waals surface area contributed by atoms with E-state index in [4.69, 9.17) is 4.74 Å². The normalized spacial score (nSPS) is 10.8. The molecule has 0 radical (unpaired) electrons. The van der Waals surface area contributed by atoms with Crippen molar-refractivity contribution in [2.45, 2.75) is 0 Å². The lowest BCUT2D eigenvalue weighted by Gasteiger charge is -2.03. The van der Waals surface area contributed by atoms with Gasteiger partial charge in [0, 0.05) is 17.7 Å². The second-order valence-corrected chi connectivity index (χ2v) is 5.48. The summed E-state index contributed by atoms with van der Waals surface area (Å²) in [6, 6.07) is 16.8. The van der Waals surface area contributed by atoms with Crippen molar-refractivity contribution in [1.29, 1.82) is 0 Å². The SMILES string of the molecule is COc1ccc2cc(/C=N\NC(=O)c3ccc([N+](=O)[O-])cc3)ccc2c1. The molecule has 0 saturated heterocycles. The van der Waals surface area contributed by atoms with Crippen LogP contribution in [0.5, 0.6) is 5.75 Å². The molecule has 0 atom stereocenters. The van der Waals surface area contributed by atoms with Crippen molar-refractivity contribution in [3.63, 3.8) is 0 Å². The maximum Gasteiger partial charge on any atom is 0.271 e. The van der Waals surface area contributed by atoms with E-state index in [1.54, 1.807) is 7.11 Å². The Hall–Kier alpha value is -3.74. The van der Waals surface area contributed by atoms with Crippen molar-refractivity contribution in [3.8, 4) is 5.75 Å². The molecule has 130 valence electrons. The van der Waals surface area contributed by atoms with Crippen LogP contribution in [0, 0.1) is 10.1 Å². The number of nitrogens with one attached hydrogen (secondary N) is 1. The summed E-state index contributed by atoms with van der Waals surface area (Å²) in [7, 11) is 1.62. The highest BCUT2D eigenvalue weighted by molar-refractivity contribution is 5.95. The number of nitro benzene ring substituents is 1. The van der Waals surface area contributed by atoms with Gasteiger partial charge in [0.25, 0.3) is 11.6 Å². The Kier molecular flexibility index (Phi) is 4.89. The summed E-state index contributed by atoms with van der Waals surface area (Å²) in [6.45, 7) is 0. The number of nitrogens with zero attached hydrogens (tertiary/aromatic N) is 2. The monoisotopic (exact) mass is 349 g/mol. The Balaban J connectivity index is 1.68. The summed E-state index contributed by atoms with van der Waals surface area (Å²) in [5.41, 5.74) is 3.45. The maximum absolute atomic E-state index is 12.0. The third-order valence-electron chi connectivity index (χ3n) is 3.79. The number of rotatable bonds is 5. The average Bonchev–Trinajstić information content (AvgIpc) is 2.67. The lowest BCUT2D eigenvalue weighted by Crippen LogP contribution is -2.17. The van der Waals surface area contributed by atoms with Crippen molar-refractivity contribution in [2.24, 2.45) is 5.10 Å². The Bertz CT molecular complexity index is 997. The van der Waals surface area contributed by atoms with E-state index < -0.39 is 10.8 Å². The number of carbonyl (C=O) groups is 1. The van der Waals surface area contributed by atoms with Gasteiger partial charge in [0.15, 0.2) is 0 Å². The molecule has 0 saturated carbocycles. The standard InChI is InChI=1S/C19H15N3O4/c1-26-18-9-6-15-10-13(2-3-16(15)11-18)12-20-21-19(23)14-4-7-17(8-5-14)22(24)25/h2-12H,1H3,(H,21,23)/b20-12-. The fourth-order valence-electron chi connectivity index (χ4n) is 2.41. The van der Waals surface area contributed by atoms with E-state index in [1.165, 1.54) is 30.5 Å². The molecule has 0 fully saturated rings. The molecule has 0 aromatic heterocycles. The summed E-state index contributed by atoms with van der Waals surface area (Å²) in [4.78, 5) is 22.1. The fourth-order valence-corrected chi connectivity index (χ4v) is 2.41. The first-order chi connectivity index (χ1) is 12.6. The van der Waals surface area contributed by atoms with Gasteiger partial charge in [0.1, 0.15) is 5.75 Å². The zero-order valence-corrected chi connectivity index (χ0v) is 13.9. The summed E-state index contributed by atoms with van der Waals surface area (Å²) >= 11 is 0. The quantitative estimate of drug-likeness (QED) is 0.433. The molecule has 0 heterocycles. The molecule has 0 spiro atoms. The number of benzene rings is 3. The highest BCUT2D eigenvalue weighted by atomic mass is 16.6. The second-order valence-electron chi connectivity index (χ2n) is 5.48. The number of non-ortho nitro benzene ring substituents is 1. The molecule has 1 amide bonds. The van der Waals surface area contributed by atoms with Crippen molar-refractivity contribution in [1.82, 2.24) is 5.43 Å². The Morgan fingerprint density at radius 3 is 2.46 bits per heavy atom. The second kappa shape index (κ2) is 7.43. The number of hydrazone groups is 1. The summed E-state index contributed by atoms with van der Waals surface area (Å²) in [5, 5.41) is 16.6. The number of carbonyl (C=O) groups excluding carboxylic acids is 1. The van der Waals surface area contributed by atoms with Gasteiger partial charge in [0.2, 0.25) is 0 Å². The van der Waals surface area contributed by atoms with Crippen LogP contribution in [0.25, 0.3) is 10.8 Å². The van der Waals surface area contributed by atoms with E-state index in [0.717, 1.165) is 22.1 Å². The van der Waals surface area contributed by atoms with Gasteiger partial charge in [-0.2, -0.15) is 5.10 Å². The minimum absolute atomic E-state index is 0.0714. The molecule has 7 nitrogen and oxygen atoms in total. The van der Waals surface area contributed by atoms with Crippen LogP contribution in [0.15, 0.2) is 65.8 Å². The molecule has 0 aliphatic rings. The van der Waals surface area contributed by atoms with Crippen LogP contribution in [0.4, 0.5) is 5.69 Å². The number of hydrogen-bond acceptors (Lipinski definition) is 5. The lowest BCUT2D eigenvalue weighted by atomic mass is 10.1. The zero-order valence-electron chi connectivity index (χ0n) is 13.9. The van der Waals surface area contributed by atoms with Gasteiger partial charge < -0.3 is 4.74 Å². The molecule has 3 rings (SSSR count). The molecule has 0 aliphatic heterocycles. The minimum atomic E-state index is -0.519. The van der Waals surface area contributed by atoms with Gasteiger partial charge in [-0.3, -0.25) is 14.9 Å². The molecule has 26 heavy (non-hydrogen) atoms. The third kappa shape index (κ3) is 3.84. The van der Waals surface area contributed by atoms with Gasteiger partial charge in [0.05, 0.1) is 18.2 Å². The summed E-state index contributed by atoms with van der Waals surface area (Å²) in [5.74, 6) is 0.343. The minimum Gasteiger partial charge on any atom is -0.497 e.